The van der Waals surface area contributed by atoms with Crippen LogP contribution in [0, 0.1) is 11.8 Å². The predicted octanol–water partition coefficient (Wildman–Crippen LogP) is 1.72. The maximum absolute atomic E-state index is 11.4. The van der Waals surface area contributed by atoms with Crippen LogP contribution in [0.4, 0.5) is 0 Å². The third-order valence-electron chi connectivity index (χ3n) is 4.71. The first kappa shape index (κ1) is 19.3. The third-order valence-corrected chi connectivity index (χ3v) is 6.39. The summed E-state index contributed by atoms with van der Waals surface area (Å²) in [6.07, 6.45) is 3.32. The number of amides is 2. The van der Waals surface area contributed by atoms with Crippen molar-refractivity contribution in [2.45, 2.75) is 19.3 Å². The van der Waals surface area contributed by atoms with Gasteiger partial charge in [0.05, 0.1) is 0 Å². The molecule has 1 aromatic carbocycles. The van der Waals surface area contributed by atoms with E-state index in [0.29, 0.717) is 11.7 Å². The highest BCUT2D eigenvalue weighted by atomic mass is 32.2. The lowest BCUT2D eigenvalue weighted by Gasteiger charge is -2.28. The summed E-state index contributed by atoms with van der Waals surface area (Å²) in [4.78, 5) is 22.1. The highest BCUT2D eigenvalue weighted by Gasteiger charge is 2.28. The van der Waals surface area contributed by atoms with Crippen LogP contribution in [0.3, 0.4) is 0 Å². The molecule has 144 valence electrons. The van der Waals surface area contributed by atoms with Crippen LogP contribution in [-0.4, -0.2) is 39.2 Å². The second-order valence-electron chi connectivity index (χ2n) is 6.82. The van der Waals surface area contributed by atoms with Gasteiger partial charge in [0.1, 0.15) is 0 Å². The SMILES string of the molecule is NC(=O)c1cc(-c2ccccc2)on1.O=C(NCC1CS(=O)C1)C1CCC1. The predicted molar refractivity (Wildman–Crippen MR) is 102 cm³/mol. The topological polar surface area (TPSA) is 115 Å². The minimum Gasteiger partial charge on any atom is -0.364 e. The van der Waals surface area contributed by atoms with Gasteiger partial charge in [-0.1, -0.05) is 41.9 Å². The number of nitrogens with one attached hydrogen (secondary N) is 1. The van der Waals surface area contributed by atoms with E-state index in [9.17, 15) is 13.8 Å². The number of carbonyl (C=O) groups excluding carboxylic acids is 2. The van der Waals surface area contributed by atoms with Crippen molar-refractivity contribution in [2.24, 2.45) is 17.6 Å². The third kappa shape index (κ3) is 5.26. The van der Waals surface area contributed by atoms with Crippen molar-refractivity contribution >= 4 is 22.6 Å². The molecule has 1 aliphatic carbocycles. The summed E-state index contributed by atoms with van der Waals surface area (Å²) in [7, 11) is -0.587. The fourth-order valence-corrected chi connectivity index (χ4v) is 3.97. The van der Waals surface area contributed by atoms with Gasteiger partial charge in [0.2, 0.25) is 5.91 Å². The van der Waals surface area contributed by atoms with E-state index in [1.165, 1.54) is 12.5 Å². The van der Waals surface area contributed by atoms with E-state index in [-0.39, 0.29) is 17.5 Å². The Morgan fingerprint density at radius 3 is 2.44 bits per heavy atom. The average molecular weight is 389 g/mol. The van der Waals surface area contributed by atoms with Gasteiger partial charge in [-0.3, -0.25) is 13.8 Å². The Hall–Kier alpha value is -2.48. The minimum absolute atomic E-state index is 0.142. The number of nitrogens with two attached hydrogens (primary N) is 1. The summed E-state index contributed by atoms with van der Waals surface area (Å²) in [5, 5.41) is 6.48. The molecule has 0 unspecified atom stereocenters. The van der Waals surface area contributed by atoms with Crippen LogP contribution in [0.25, 0.3) is 11.3 Å². The Labute approximate surface area is 160 Å². The first-order chi connectivity index (χ1) is 13.0. The van der Waals surface area contributed by atoms with Crippen molar-refractivity contribution in [1.82, 2.24) is 10.5 Å². The summed E-state index contributed by atoms with van der Waals surface area (Å²) in [5.41, 5.74) is 6.05. The maximum atomic E-state index is 11.4. The number of carbonyl (C=O) groups is 2. The summed E-state index contributed by atoms with van der Waals surface area (Å²) < 4.78 is 15.7. The molecule has 3 N–H and O–H groups in total. The van der Waals surface area contributed by atoms with Crippen LogP contribution in [0.5, 0.6) is 0 Å². The lowest BCUT2D eigenvalue weighted by atomic mass is 9.85. The summed E-state index contributed by atoms with van der Waals surface area (Å²) in [6.45, 7) is 0.737. The molecule has 2 heterocycles. The van der Waals surface area contributed by atoms with Crippen molar-refractivity contribution in [3.8, 4) is 11.3 Å². The van der Waals surface area contributed by atoms with Gasteiger partial charge in [-0.25, -0.2) is 0 Å². The number of aromatic nitrogens is 1. The van der Waals surface area contributed by atoms with Gasteiger partial charge in [-0.2, -0.15) is 0 Å². The standard InChI is InChI=1S/C10H8N2O2.C9H15NO2S/c11-10(13)8-6-9(14-12-8)7-4-2-1-3-5-7;11-9(8-2-1-3-8)10-4-7-5-13(12)6-7/h1-6H,(H2,11,13);7-8H,1-6H2,(H,10,11). The number of hydrogen-bond donors (Lipinski definition) is 2. The van der Waals surface area contributed by atoms with Crippen LogP contribution in [0.1, 0.15) is 29.8 Å². The Morgan fingerprint density at radius 2 is 1.93 bits per heavy atom. The normalized spacial score (nSPS) is 21.2. The lowest BCUT2D eigenvalue weighted by molar-refractivity contribution is -0.127. The molecule has 8 heteroatoms. The number of nitrogens with zero attached hydrogens (tertiary/aromatic N) is 1. The molecule has 0 spiro atoms. The molecule has 0 atom stereocenters. The monoisotopic (exact) mass is 389 g/mol. The van der Waals surface area contributed by atoms with E-state index in [0.717, 1.165) is 36.5 Å². The zero-order chi connectivity index (χ0) is 19.2. The van der Waals surface area contributed by atoms with Crippen LogP contribution < -0.4 is 11.1 Å². The number of hydrogen-bond acceptors (Lipinski definition) is 5. The highest BCUT2D eigenvalue weighted by molar-refractivity contribution is 7.86. The van der Waals surface area contributed by atoms with Gasteiger partial charge >= 0.3 is 0 Å². The minimum atomic E-state index is -0.587. The second-order valence-corrected chi connectivity index (χ2v) is 8.37. The Kier molecular flexibility index (Phi) is 6.39. The van der Waals surface area contributed by atoms with Gasteiger partial charge in [-0.15, -0.1) is 0 Å². The molecular formula is C19H23N3O4S. The second kappa shape index (κ2) is 8.94. The van der Waals surface area contributed by atoms with Crippen LogP contribution >= 0.6 is 0 Å². The van der Waals surface area contributed by atoms with E-state index >= 15 is 0 Å². The van der Waals surface area contributed by atoms with Crippen LogP contribution in [-0.2, 0) is 15.6 Å². The molecule has 4 rings (SSSR count). The fraction of sp³-hybridized carbons (Fsp3) is 0.421. The van der Waals surface area contributed by atoms with Crippen LogP contribution in [0.15, 0.2) is 40.9 Å². The van der Waals surface area contributed by atoms with Crippen LogP contribution in [0.2, 0.25) is 0 Å². The van der Waals surface area contributed by atoms with E-state index in [2.05, 4.69) is 10.5 Å². The molecule has 0 radical (unpaired) electrons. The van der Waals surface area contributed by atoms with Crippen molar-refractivity contribution in [1.29, 1.82) is 0 Å². The fourth-order valence-electron chi connectivity index (χ4n) is 2.78. The number of benzene rings is 1. The zero-order valence-corrected chi connectivity index (χ0v) is 15.7. The summed E-state index contributed by atoms with van der Waals surface area (Å²) in [5.74, 6) is 2.49. The molecule has 7 nitrogen and oxygen atoms in total. The van der Waals surface area contributed by atoms with Gasteiger partial charge in [0.25, 0.3) is 5.91 Å². The maximum Gasteiger partial charge on any atom is 0.270 e. The quantitative estimate of drug-likeness (QED) is 0.808. The van der Waals surface area contributed by atoms with Crippen molar-refractivity contribution in [3.63, 3.8) is 0 Å². The average Bonchev–Trinajstić information content (AvgIpc) is 3.08. The smallest absolute Gasteiger partial charge is 0.270 e. The molecule has 27 heavy (non-hydrogen) atoms. The molecule has 2 aromatic rings. The lowest BCUT2D eigenvalue weighted by Crippen LogP contribution is -2.43. The first-order valence-corrected chi connectivity index (χ1v) is 10.5. The van der Waals surface area contributed by atoms with E-state index in [1.807, 2.05) is 30.3 Å². The van der Waals surface area contributed by atoms with Gasteiger partial charge in [0.15, 0.2) is 11.5 Å². The van der Waals surface area contributed by atoms with E-state index in [4.69, 9.17) is 10.3 Å². The highest BCUT2D eigenvalue weighted by Crippen LogP contribution is 2.26. The van der Waals surface area contributed by atoms with Gasteiger partial charge in [0, 0.05) is 46.4 Å². The molecule has 2 amide bonds. The van der Waals surface area contributed by atoms with Crippen molar-refractivity contribution in [3.05, 3.63) is 42.1 Å². The Morgan fingerprint density at radius 1 is 1.22 bits per heavy atom. The van der Waals surface area contributed by atoms with Crippen molar-refractivity contribution < 1.29 is 18.3 Å². The Bertz CT molecular complexity index is 809. The van der Waals surface area contributed by atoms with Crippen molar-refractivity contribution in [2.75, 3.05) is 18.1 Å². The molecule has 1 saturated heterocycles. The van der Waals surface area contributed by atoms with E-state index in [1.54, 1.807) is 0 Å². The summed E-state index contributed by atoms with van der Waals surface area (Å²) in [6, 6.07) is 10.9. The largest absolute Gasteiger partial charge is 0.364 e. The van der Waals surface area contributed by atoms with Gasteiger partial charge in [-0.05, 0) is 18.8 Å². The molecule has 1 aromatic heterocycles. The molecule has 2 aliphatic rings. The molecule has 1 saturated carbocycles. The molecular weight excluding hydrogens is 366 g/mol. The molecule has 2 fully saturated rings. The number of rotatable bonds is 5. The number of primary amides is 1. The van der Waals surface area contributed by atoms with Gasteiger partial charge < -0.3 is 15.6 Å². The zero-order valence-electron chi connectivity index (χ0n) is 14.9. The van der Waals surface area contributed by atoms with E-state index < -0.39 is 16.7 Å². The Balaban J connectivity index is 0.000000156. The first-order valence-electron chi connectivity index (χ1n) is 8.97. The molecule has 0 bridgehead atoms. The summed E-state index contributed by atoms with van der Waals surface area (Å²) >= 11 is 0. The molecule has 1 aliphatic heterocycles.